The minimum Gasteiger partial charge on any atom is -0.497 e. The summed E-state index contributed by atoms with van der Waals surface area (Å²) in [5, 5.41) is 4.97. The third kappa shape index (κ3) is 2.71. The number of fused-ring (bicyclic) bond motifs is 6. The molecule has 3 aliphatic rings. The van der Waals surface area contributed by atoms with Gasteiger partial charge in [-0.05, 0) is 30.9 Å². The highest BCUT2D eigenvalue weighted by molar-refractivity contribution is 5.93. The molecule has 150 valence electrons. The maximum absolute atomic E-state index is 12.4. The second kappa shape index (κ2) is 6.83. The number of H-pyrrole nitrogens is 1. The molecule has 1 aromatic heterocycles. The number of esters is 1. The maximum atomic E-state index is 12.4. The van der Waals surface area contributed by atoms with Crippen molar-refractivity contribution in [3.63, 3.8) is 0 Å². The van der Waals surface area contributed by atoms with E-state index in [1.54, 1.807) is 6.26 Å². The Kier molecular flexibility index (Phi) is 4.26. The molecule has 4 atom stereocenters. The number of nitrogens with one attached hydrogen (secondary N) is 1. The van der Waals surface area contributed by atoms with Gasteiger partial charge in [-0.1, -0.05) is 23.3 Å². The number of rotatable bonds is 2. The average Bonchev–Trinajstić information content (AvgIpc) is 3.13. The van der Waals surface area contributed by atoms with Gasteiger partial charge in [0.2, 0.25) is 0 Å². The van der Waals surface area contributed by atoms with Crippen molar-refractivity contribution in [2.24, 2.45) is 17.0 Å². The Balaban J connectivity index is 1.58. The van der Waals surface area contributed by atoms with Crippen molar-refractivity contribution < 1.29 is 14.3 Å². The third-order valence-corrected chi connectivity index (χ3v) is 6.80. The number of para-hydroxylation sites is 1. The molecule has 1 N–H and O–H groups in total. The van der Waals surface area contributed by atoms with Crippen molar-refractivity contribution in [2.45, 2.75) is 31.9 Å². The van der Waals surface area contributed by atoms with E-state index in [9.17, 15) is 4.79 Å². The number of aromatic nitrogens is 1. The van der Waals surface area contributed by atoms with E-state index in [1.165, 1.54) is 18.4 Å². The van der Waals surface area contributed by atoms with Crippen molar-refractivity contribution >= 4 is 22.6 Å². The van der Waals surface area contributed by atoms with Crippen LogP contribution < -0.4 is 0 Å². The summed E-state index contributed by atoms with van der Waals surface area (Å²) in [4.78, 5) is 21.4. The van der Waals surface area contributed by atoms with Crippen LogP contribution in [0, 0.1) is 11.8 Å². The molecule has 1 aromatic carbocycles. The standard InChI is InChI=1S/C21H23N5O3/c1-11-15-9-26-7-6-13-12-4-3-5-17(24-25-22)19(12)23-20(13)18(26)8-14(15)16(10-29-11)21(27)28-2/h3-5,10-11,14-15,18,23H,6-9H2,1-2H3/t11-,14-,15+,18-/m0/s1. The number of carbonyl (C=O) groups is 1. The SMILES string of the molecule is COC(=O)C1=CO[C@@H](C)[C@H]2CN3CCc4c([nH]c5c(N=[N+]=[N-])cccc45)[C@@H]3C[C@H]12. The molecule has 29 heavy (non-hydrogen) atoms. The van der Waals surface area contributed by atoms with Crippen LogP contribution in [0.15, 0.2) is 35.1 Å². The van der Waals surface area contributed by atoms with E-state index in [-0.39, 0.29) is 30.0 Å². The predicted octanol–water partition coefficient (Wildman–Crippen LogP) is 4.12. The smallest absolute Gasteiger partial charge is 0.337 e. The molecule has 1 fully saturated rings. The van der Waals surface area contributed by atoms with E-state index in [0.717, 1.165) is 36.8 Å². The summed E-state index contributed by atoms with van der Waals surface area (Å²) in [7, 11) is 1.42. The van der Waals surface area contributed by atoms with Crippen LogP contribution in [0.25, 0.3) is 21.3 Å². The molecular formula is C21H23N5O3. The lowest BCUT2D eigenvalue weighted by Crippen LogP contribution is -2.51. The first-order chi connectivity index (χ1) is 14.1. The first-order valence-electron chi connectivity index (χ1n) is 9.98. The quantitative estimate of drug-likeness (QED) is 0.359. The Labute approximate surface area is 168 Å². The van der Waals surface area contributed by atoms with E-state index in [0.29, 0.717) is 11.3 Å². The van der Waals surface area contributed by atoms with Crippen LogP contribution in [0.2, 0.25) is 0 Å². The van der Waals surface area contributed by atoms with Crippen LogP contribution in [-0.2, 0) is 20.7 Å². The van der Waals surface area contributed by atoms with Crippen LogP contribution >= 0.6 is 0 Å². The van der Waals surface area contributed by atoms with Crippen molar-refractivity contribution in [3.05, 3.63) is 51.7 Å². The molecule has 2 aromatic rings. The fourth-order valence-corrected chi connectivity index (χ4v) is 5.38. The molecule has 3 aliphatic heterocycles. The number of methoxy groups -OCH3 is 1. The summed E-state index contributed by atoms with van der Waals surface area (Å²) >= 11 is 0. The van der Waals surface area contributed by atoms with Gasteiger partial charge >= 0.3 is 5.97 Å². The van der Waals surface area contributed by atoms with Gasteiger partial charge in [0, 0.05) is 40.9 Å². The lowest BCUT2D eigenvalue weighted by atomic mass is 9.72. The zero-order valence-electron chi connectivity index (χ0n) is 16.5. The number of carbonyl (C=O) groups excluding carboxylic acids is 1. The molecule has 8 heteroatoms. The highest BCUT2D eigenvalue weighted by Crippen LogP contribution is 2.48. The van der Waals surface area contributed by atoms with Gasteiger partial charge in [0.1, 0.15) is 0 Å². The van der Waals surface area contributed by atoms with Gasteiger partial charge in [-0.2, -0.15) is 0 Å². The van der Waals surface area contributed by atoms with Crippen molar-refractivity contribution in [3.8, 4) is 0 Å². The zero-order valence-corrected chi connectivity index (χ0v) is 16.5. The minimum absolute atomic E-state index is 0.0648. The molecule has 5 rings (SSSR count). The Morgan fingerprint density at radius 2 is 2.31 bits per heavy atom. The van der Waals surface area contributed by atoms with Gasteiger partial charge in [-0.25, -0.2) is 4.79 Å². The van der Waals surface area contributed by atoms with Crippen LogP contribution in [0.3, 0.4) is 0 Å². The van der Waals surface area contributed by atoms with Crippen molar-refractivity contribution in [1.82, 2.24) is 9.88 Å². The number of aromatic amines is 1. The summed E-state index contributed by atoms with van der Waals surface area (Å²) < 4.78 is 10.8. The molecular weight excluding hydrogens is 370 g/mol. The normalized spacial score (nSPS) is 28.3. The highest BCUT2D eigenvalue weighted by atomic mass is 16.5. The predicted molar refractivity (Wildman–Crippen MR) is 107 cm³/mol. The Bertz CT molecular complexity index is 1070. The van der Waals surface area contributed by atoms with Crippen molar-refractivity contribution in [1.29, 1.82) is 0 Å². The fraction of sp³-hybridized carbons (Fsp3) is 0.476. The number of hydrogen-bond acceptors (Lipinski definition) is 5. The summed E-state index contributed by atoms with van der Waals surface area (Å²) in [6.45, 7) is 3.92. The van der Waals surface area contributed by atoms with Crippen LogP contribution in [0.4, 0.5) is 5.69 Å². The van der Waals surface area contributed by atoms with Gasteiger partial charge in [0.25, 0.3) is 0 Å². The molecule has 8 nitrogen and oxygen atoms in total. The van der Waals surface area contributed by atoms with Crippen LogP contribution in [0.1, 0.15) is 30.6 Å². The van der Waals surface area contributed by atoms with Gasteiger partial charge < -0.3 is 14.5 Å². The largest absolute Gasteiger partial charge is 0.497 e. The van der Waals surface area contributed by atoms with Gasteiger partial charge in [-0.3, -0.25) is 4.90 Å². The monoisotopic (exact) mass is 393 g/mol. The van der Waals surface area contributed by atoms with Crippen LogP contribution in [0.5, 0.6) is 0 Å². The second-order valence-electron chi connectivity index (χ2n) is 8.08. The highest BCUT2D eigenvalue weighted by Gasteiger charge is 2.46. The number of azide groups is 1. The summed E-state index contributed by atoms with van der Waals surface area (Å²) in [6, 6.07) is 6.03. The minimum atomic E-state index is -0.307. The Hall–Kier alpha value is -2.96. The van der Waals surface area contributed by atoms with Crippen molar-refractivity contribution in [2.75, 3.05) is 20.2 Å². The molecule has 0 radical (unpaired) electrons. The molecule has 0 amide bonds. The third-order valence-electron chi connectivity index (χ3n) is 6.80. The number of ether oxygens (including phenoxy) is 2. The molecule has 4 heterocycles. The molecule has 0 saturated carbocycles. The lowest BCUT2D eigenvalue weighted by molar-refractivity contribution is -0.139. The van der Waals surface area contributed by atoms with Gasteiger partial charge in [0.05, 0.1) is 42.3 Å². The molecule has 1 saturated heterocycles. The fourth-order valence-electron chi connectivity index (χ4n) is 5.38. The van der Waals surface area contributed by atoms with E-state index < -0.39 is 0 Å². The van der Waals surface area contributed by atoms with E-state index in [2.05, 4.69) is 32.9 Å². The first kappa shape index (κ1) is 18.1. The van der Waals surface area contributed by atoms with Gasteiger partial charge in [-0.15, -0.1) is 0 Å². The average molecular weight is 393 g/mol. The lowest BCUT2D eigenvalue weighted by Gasteiger charge is -2.49. The Morgan fingerprint density at radius 1 is 1.45 bits per heavy atom. The molecule has 0 unspecified atom stereocenters. The number of piperidine rings is 1. The summed E-state index contributed by atoms with van der Waals surface area (Å²) in [5.41, 5.74) is 13.5. The topological polar surface area (TPSA) is 103 Å². The molecule has 0 spiro atoms. The van der Waals surface area contributed by atoms with Gasteiger partial charge in [0.15, 0.2) is 0 Å². The number of nitrogens with zero attached hydrogens (tertiary/aromatic N) is 4. The van der Waals surface area contributed by atoms with Crippen LogP contribution in [-0.4, -0.2) is 42.2 Å². The number of benzene rings is 1. The number of hydrogen-bond donors (Lipinski definition) is 1. The van der Waals surface area contributed by atoms with E-state index >= 15 is 0 Å². The maximum Gasteiger partial charge on any atom is 0.337 e. The molecule has 0 bridgehead atoms. The summed E-state index contributed by atoms with van der Waals surface area (Å²) in [6.07, 6.45) is 3.44. The van der Waals surface area contributed by atoms with E-state index in [4.69, 9.17) is 15.0 Å². The molecule has 0 aliphatic carbocycles. The summed E-state index contributed by atoms with van der Waals surface area (Å²) in [5.74, 6) is 0.0510. The Morgan fingerprint density at radius 3 is 3.10 bits per heavy atom. The second-order valence-corrected chi connectivity index (χ2v) is 8.08. The first-order valence-corrected chi connectivity index (χ1v) is 9.98. The van der Waals surface area contributed by atoms with E-state index in [1.807, 2.05) is 12.1 Å². The zero-order chi connectivity index (χ0) is 20.1.